The predicted molar refractivity (Wildman–Crippen MR) is 166 cm³/mol. The number of alkyl halides is 3. The van der Waals surface area contributed by atoms with Crippen LogP contribution >= 0.6 is 0 Å². The van der Waals surface area contributed by atoms with Gasteiger partial charge in [-0.05, 0) is 33.5 Å². The molecule has 10 heteroatoms. The molecule has 0 aliphatic heterocycles. The Bertz CT molecular complexity index is 1500. The Balaban J connectivity index is 2.01. The molecule has 43 heavy (non-hydrogen) atoms. The SMILES string of the molecule is CC(O[Si](c1ccccc1)(c1ccccc1)C(C)(C)C)C(NS(=O)(=O)C(F)(F)F)C(O)(c1ccccc1)c1ccccc1. The van der Waals surface area contributed by atoms with E-state index in [0.717, 1.165) is 10.4 Å². The van der Waals surface area contributed by atoms with Gasteiger partial charge in [0, 0.05) is 0 Å². The largest absolute Gasteiger partial charge is 0.511 e. The first-order valence-electron chi connectivity index (χ1n) is 13.9. The van der Waals surface area contributed by atoms with Gasteiger partial charge in [0.2, 0.25) is 0 Å². The number of hydrogen-bond donors (Lipinski definition) is 2. The van der Waals surface area contributed by atoms with E-state index < -0.39 is 46.6 Å². The minimum Gasteiger partial charge on any atom is -0.403 e. The number of rotatable bonds is 10. The van der Waals surface area contributed by atoms with Gasteiger partial charge >= 0.3 is 15.5 Å². The predicted octanol–water partition coefficient (Wildman–Crippen LogP) is 5.70. The zero-order chi connectivity index (χ0) is 31.5. The van der Waals surface area contributed by atoms with Crippen molar-refractivity contribution in [1.82, 2.24) is 4.72 Å². The van der Waals surface area contributed by atoms with E-state index in [2.05, 4.69) is 0 Å². The van der Waals surface area contributed by atoms with Gasteiger partial charge < -0.3 is 9.53 Å². The van der Waals surface area contributed by atoms with Crippen LogP contribution in [-0.2, 0) is 20.1 Å². The van der Waals surface area contributed by atoms with Gasteiger partial charge in [-0.25, -0.2) is 8.42 Å². The van der Waals surface area contributed by atoms with Gasteiger partial charge in [0.05, 0.1) is 12.1 Å². The van der Waals surface area contributed by atoms with Crippen LogP contribution < -0.4 is 15.1 Å². The van der Waals surface area contributed by atoms with Crippen LogP contribution in [0.25, 0.3) is 0 Å². The van der Waals surface area contributed by atoms with Gasteiger partial charge in [0.25, 0.3) is 8.32 Å². The summed E-state index contributed by atoms with van der Waals surface area (Å²) in [5, 5.41) is 13.7. The number of nitrogens with one attached hydrogen (secondary N) is 1. The van der Waals surface area contributed by atoms with Gasteiger partial charge in [0.1, 0.15) is 5.60 Å². The second-order valence-electron chi connectivity index (χ2n) is 11.5. The lowest BCUT2D eigenvalue weighted by Crippen LogP contribution is -2.70. The van der Waals surface area contributed by atoms with E-state index in [1.165, 1.54) is 6.92 Å². The van der Waals surface area contributed by atoms with Gasteiger partial charge in [-0.2, -0.15) is 17.9 Å². The second-order valence-corrected chi connectivity index (χ2v) is 17.5. The molecule has 0 spiro atoms. The fourth-order valence-corrected chi connectivity index (χ4v) is 11.2. The fraction of sp³-hybridized carbons (Fsp3) is 0.273. The van der Waals surface area contributed by atoms with Crippen LogP contribution in [0.3, 0.4) is 0 Å². The highest BCUT2D eigenvalue weighted by atomic mass is 32.2. The van der Waals surface area contributed by atoms with Crippen LogP contribution in [0.2, 0.25) is 5.04 Å². The minimum absolute atomic E-state index is 0.203. The van der Waals surface area contributed by atoms with Gasteiger partial charge in [0.15, 0.2) is 0 Å². The molecular weight excluding hydrogens is 592 g/mol. The number of hydrogen-bond acceptors (Lipinski definition) is 4. The maximum absolute atomic E-state index is 13.9. The van der Waals surface area contributed by atoms with E-state index >= 15 is 0 Å². The molecular formula is C33H36F3NO4SSi. The Hall–Kier alpha value is -3.28. The van der Waals surface area contributed by atoms with E-state index in [4.69, 9.17) is 4.43 Å². The lowest BCUT2D eigenvalue weighted by Gasteiger charge is -2.48. The number of sulfonamides is 1. The summed E-state index contributed by atoms with van der Waals surface area (Å²) >= 11 is 0. The maximum atomic E-state index is 13.9. The Morgan fingerprint density at radius 3 is 1.37 bits per heavy atom. The van der Waals surface area contributed by atoms with Crippen molar-refractivity contribution < 1.29 is 31.1 Å². The van der Waals surface area contributed by atoms with Crippen LogP contribution in [0.5, 0.6) is 0 Å². The molecule has 4 aromatic carbocycles. The third kappa shape index (κ3) is 6.34. The highest BCUT2D eigenvalue weighted by Crippen LogP contribution is 2.41. The van der Waals surface area contributed by atoms with Gasteiger partial charge in [-0.3, -0.25) is 0 Å². The van der Waals surface area contributed by atoms with Crippen LogP contribution in [0.4, 0.5) is 13.2 Å². The first-order valence-corrected chi connectivity index (χ1v) is 17.2. The molecule has 2 N–H and O–H groups in total. The highest BCUT2D eigenvalue weighted by molar-refractivity contribution is 7.90. The molecule has 4 rings (SSSR count). The first kappa shape index (κ1) is 32.6. The topological polar surface area (TPSA) is 75.6 Å². The molecule has 0 bridgehead atoms. The summed E-state index contributed by atoms with van der Waals surface area (Å²) in [5.41, 5.74) is -7.48. The van der Waals surface area contributed by atoms with Crippen molar-refractivity contribution in [3.8, 4) is 0 Å². The molecule has 0 heterocycles. The number of benzene rings is 4. The third-order valence-electron chi connectivity index (χ3n) is 7.71. The van der Waals surface area contributed by atoms with Crippen molar-refractivity contribution >= 4 is 28.7 Å². The molecule has 0 aliphatic carbocycles. The average molecular weight is 628 g/mol. The molecule has 0 fully saturated rings. The molecule has 228 valence electrons. The lowest BCUT2D eigenvalue weighted by atomic mass is 9.78. The van der Waals surface area contributed by atoms with Crippen molar-refractivity contribution in [2.24, 2.45) is 0 Å². The van der Waals surface area contributed by atoms with Crippen LogP contribution in [0.15, 0.2) is 121 Å². The molecule has 2 atom stereocenters. The second kappa shape index (κ2) is 12.4. The summed E-state index contributed by atoms with van der Waals surface area (Å²) in [7, 11) is -9.34. The third-order valence-corrected chi connectivity index (χ3v) is 14.0. The summed E-state index contributed by atoms with van der Waals surface area (Å²) in [4.78, 5) is 0. The quantitative estimate of drug-likeness (QED) is 0.222. The fourth-order valence-electron chi connectivity index (χ4n) is 5.70. The smallest absolute Gasteiger partial charge is 0.403 e. The van der Waals surface area contributed by atoms with Gasteiger partial charge in [-0.1, -0.05) is 142 Å². The van der Waals surface area contributed by atoms with E-state index in [1.807, 2.05) is 86.2 Å². The molecule has 0 saturated heterocycles. The molecule has 2 unspecified atom stereocenters. The van der Waals surface area contributed by atoms with Crippen LogP contribution in [0.1, 0.15) is 38.8 Å². The van der Waals surface area contributed by atoms with Crippen molar-refractivity contribution in [2.45, 2.75) is 56.0 Å². The van der Waals surface area contributed by atoms with Crippen molar-refractivity contribution in [3.63, 3.8) is 0 Å². The number of halogens is 3. The van der Waals surface area contributed by atoms with E-state index in [9.17, 15) is 26.7 Å². The molecule has 0 amide bonds. The van der Waals surface area contributed by atoms with Crippen molar-refractivity contribution in [2.75, 3.05) is 0 Å². The van der Waals surface area contributed by atoms with Crippen molar-refractivity contribution in [3.05, 3.63) is 132 Å². The Labute approximate surface area is 252 Å². The standard InChI is InChI=1S/C33H36F3NO4SSi/c1-25(41-43(31(2,3)4,28-21-13-7-14-22-28)29-23-15-8-16-24-29)30(37-42(39,40)33(34,35)36)32(38,26-17-9-5-10-18-26)27-19-11-6-12-20-27/h5-25,30,37-38H,1-4H3. The molecule has 0 aliphatic rings. The summed E-state index contributed by atoms with van der Waals surface area (Å²) in [6, 6.07) is 33.2. The monoisotopic (exact) mass is 627 g/mol. The maximum Gasteiger partial charge on any atom is 0.511 e. The summed E-state index contributed by atoms with van der Waals surface area (Å²) in [6.07, 6.45) is -1.27. The van der Waals surface area contributed by atoms with Crippen LogP contribution in [0, 0.1) is 0 Å². The minimum atomic E-state index is -5.94. The average Bonchev–Trinajstić information content (AvgIpc) is 2.98. The van der Waals surface area contributed by atoms with E-state index in [1.54, 1.807) is 60.7 Å². The van der Waals surface area contributed by atoms with Crippen molar-refractivity contribution in [1.29, 1.82) is 0 Å². The Morgan fingerprint density at radius 2 is 1.05 bits per heavy atom. The summed E-state index contributed by atoms with van der Waals surface area (Å²) in [6.45, 7) is 7.52. The highest BCUT2D eigenvalue weighted by Gasteiger charge is 2.56. The van der Waals surface area contributed by atoms with E-state index in [0.29, 0.717) is 0 Å². The number of aliphatic hydroxyl groups is 1. The molecule has 0 radical (unpaired) electrons. The zero-order valence-electron chi connectivity index (χ0n) is 24.4. The Morgan fingerprint density at radius 1 is 0.698 bits per heavy atom. The molecule has 4 aromatic rings. The molecule has 0 aromatic heterocycles. The lowest BCUT2D eigenvalue weighted by molar-refractivity contribution is -0.0488. The summed E-state index contributed by atoms with van der Waals surface area (Å²) in [5.74, 6) is 0. The van der Waals surface area contributed by atoms with Crippen LogP contribution in [-0.4, -0.2) is 39.5 Å². The normalized spacial score (nSPS) is 14.7. The molecule has 0 saturated carbocycles. The zero-order valence-corrected chi connectivity index (χ0v) is 26.2. The first-order chi connectivity index (χ1) is 20.1. The Kier molecular flexibility index (Phi) is 9.39. The van der Waals surface area contributed by atoms with Gasteiger partial charge in [-0.15, -0.1) is 0 Å². The summed E-state index contributed by atoms with van der Waals surface area (Å²) < 4.78 is 76.3. The van der Waals surface area contributed by atoms with E-state index in [-0.39, 0.29) is 11.1 Å². The molecule has 5 nitrogen and oxygen atoms in total.